The van der Waals surface area contributed by atoms with Gasteiger partial charge in [-0.3, -0.25) is 15.4 Å². The van der Waals surface area contributed by atoms with Crippen molar-refractivity contribution in [2.45, 2.75) is 26.4 Å². The molecule has 0 aliphatic heterocycles. The van der Waals surface area contributed by atoms with E-state index in [-0.39, 0.29) is 11.3 Å². The van der Waals surface area contributed by atoms with E-state index in [0.717, 1.165) is 18.2 Å². The maximum absolute atomic E-state index is 13.1. The number of nitrogens with one attached hydrogen (secondary N) is 1. The molecule has 0 atom stereocenters. The molecule has 0 aromatic heterocycles. The van der Waals surface area contributed by atoms with Crippen molar-refractivity contribution in [3.8, 4) is 0 Å². The third-order valence-electron chi connectivity index (χ3n) is 2.03. The number of nitrogens with zero attached hydrogens (tertiary/aromatic N) is 1. The van der Waals surface area contributed by atoms with Crippen molar-refractivity contribution in [2.75, 3.05) is 5.32 Å². The van der Waals surface area contributed by atoms with Crippen LogP contribution in [-0.4, -0.2) is 16.6 Å². The highest BCUT2D eigenvalue weighted by atomic mass is 19.1. The predicted octanol–water partition coefficient (Wildman–Crippen LogP) is 3.42. The summed E-state index contributed by atoms with van der Waals surface area (Å²) in [5, 5.41) is 12.7. The van der Waals surface area contributed by atoms with Gasteiger partial charge < -0.3 is 4.74 Å². The Labute approximate surface area is 115 Å². The molecule has 0 saturated carbocycles. The molecule has 0 unspecified atom stereocenters. The van der Waals surface area contributed by atoms with Crippen LogP contribution in [0.15, 0.2) is 24.4 Å². The topological polar surface area (TPSA) is 81.5 Å². The molecule has 20 heavy (non-hydrogen) atoms. The molecule has 108 valence electrons. The highest BCUT2D eigenvalue weighted by Crippen LogP contribution is 2.20. The lowest BCUT2D eigenvalue weighted by Gasteiger charge is -2.20. The Balaban J connectivity index is 2.94. The van der Waals surface area contributed by atoms with Crippen LogP contribution in [0.3, 0.4) is 0 Å². The fourth-order valence-corrected chi connectivity index (χ4v) is 1.34. The molecule has 1 amide bonds. The number of rotatable bonds is 3. The van der Waals surface area contributed by atoms with E-state index in [2.05, 4.69) is 5.32 Å². The molecule has 0 heterocycles. The minimum absolute atomic E-state index is 0.174. The first kappa shape index (κ1) is 15.6. The van der Waals surface area contributed by atoms with Crippen LogP contribution < -0.4 is 5.32 Å². The van der Waals surface area contributed by atoms with E-state index in [0.29, 0.717) is 6.20 Å². The Morgan fingerprint density at radius 2 is 2.10 bits per heavy atom. The van der Waals surface area contributed by atoms with Gasteiger partial charge in [-0.1, -0.05) is 0 Å². The summed E-state index contributed by atoms with van der Waals surface area (Å²) in [4.78, 5) is 21.2. The minimum Gasteiger partial charge on any atom is -0.444 e. The summed E-state index contributed by atoms with van der Waals surface area (Å²) in [6.45, 7) is 5.10. The van der Waals surface area contributed by atoms with Crippen molar-refractivity contribution >= 4 is 17.9 Å². The minimum atomic E-state index is -0.722. The fraction of sp³-hybridized carbons (Fsp3) is 0.308. The zero-order valence-corrected chi connectivity index (χ0v) is 11.3. The van der Waals surface area contributed by atoms with E-state index in [9.17, 15) is 19.3 Å². The van der Waals surface area contributed by atoms with E-state index in [1.807, 2.05) is 0 Å². The van der Waals surface area contributed by atoms with Gasteiger partial charge in [-0.15, -0.1) is 0 Å². The van der Waals surface area contributed by atoms with Crippen molar-refractivity contribution in [1.29, 1.82) is 0 Å². The SMILES string of the molecule is CC(C)(C)OC(=O)Nc1ccc(F)cc1/C=C/[N+](=O)[O-]. The van der Waals surface area contributed by atoms with Gasteiger partial charge in [-0.05, 0) is 39.0 Å². The molecule has 7 heteroatoms. The Bertz CT molecular complexity index is 550. The fourth-order valence-electron chi connectivity index (χ4n) is 1.34. The molecular formula is C13H15FN2O4. The first-order valence-corrected chi connectivity index (χ1v) is 5.78. The molecule has 0 saturated heterocycles. The number of halogens is 1. The average Bonchev–Trinajstić information content (AvgIpc) is 2.26. The van der Waals surface area contributed by atoms with Gasteiger partial charge in [-0.2, -0.15) is 0 Å². The third kappa shape index (κ3) is 5.47. The summed E-state index contributed by atoms with van der Waals surface area (Å²) in [5.41, 5.74) is -0.285. The number of amides is 1. The molecular weight excluding hydrogens is 267 g/mol. The van der Waals surface area contributed by atoms with Gasteiger partial charge >= 0.3 is 6.09 Å². The number of carbonyl (C=O) groups excluding carboxylic acids is 1. The van der Waals surface area contributed by atoms with Gasteiger partial charge in [0, 0.05) is 11.6 Å². The highest BCUT2D eigenvalue weighted by Gasteiger charge is 2.17. The Morgan fingerprint density at radius 3 is 2.65 bits per heavy atom. The van der Waals surface area contributed by atoms with Crippen LogP contribution >= 0.6 is 0 Å². The molecule has 0 radical (unpaired) electrons. The van der Waals surface area contributed by atoms with Crippen LogP contribution in [0.2, 0.25) is 0 Å². The summed E-state index contributed by atoms with van der Waals surface area (Å²) in [7, 11) is 0. The summed E-state index contributed by atoms with van der Waals surface area (Å²) >= 11 is 0. The van der Waals surface area contributed by atoms with Gasteiger partial charge in [-0.25, -0.2) is 9.18 Å². The number of hydrogen-bond acceptors (Lipinski definition) is 4. The van der Waals surface area contributed by atoms with Gasteiger partial charge in [0.2, 0.25) is 6.20 Å². The summed E-state index contributed by atoms with van der Waals surface area (Å²) < 4.78 is 18.2. The van der Waals surface area contributed by atoms with Crippen LogP contribution in [0.25, 0.3) is 6.08 Å². The lowest BCUT2D eigenvalue weighted by molar-refractivity contribution is -0.400. The normalized spacial score (nSPS) is 11.4. The predicted molar refractivity (Wildman–Crippen MR) is 72.3 cm³/mol. The van der Waals surface area contributed by atoms with Crippen LogP contribution in [0, 0.1) is 15.9 Å². The van der Waals surface area contributed by atoms with E-state index < -0.39 is 22.4 Å². The largest absolute Gasteiger partial charge is 0.444 e. The van der Waals surface area contributed by atoms with E-state index in [1.54, 1.807) is 20.8 Å². The first-order valence-electron chi connectivity index (χ1n) is 5.78. The molecule has 0 aliphatic carbocycles. The molecule has 1 aromatic rings. The average molecular weight is 282 g/mol. The Kier molecular flexibility index (Phi) is 4.79. The number of ether oxygens (including phenoxy) is 1. The summed E-state index contributed by atoms with van der Waals surface area (Å²) in [6, 6.07) is 3.52. The molecule has 1 rings (SSSR count). The number of anilines is 1. The summed E-state index contributed by atoms with van der Waals surface area (Å²) in [6.07, 6.45) is 1.03. The number of carbonyl (C=O) groups is 1. The summed E-state index contributed by atoms with van der Waals surface area (Å²) in [5.74, 6) is -0.567. The smallest absolute Gasteiger partial charge is 0.412 e. The molecule has 6 nitrogen and oxygen atoms in total. The van der Waals surface area contributed by atoms with E-state index in [4.69, 9.17) is 4.74 Å². The zero-order chi connectivity index (χ0) is 15.3. The van der Waals surface area contributed by atoms with Gasteiger partial charge in [0.1, 0.15) is 11.4 Å². The first-order chi connectivity index (χ1) is 9.17. The lowest BCUT2D eigenvalue weighted by atomic mass is 10.1. The molecule has 1 N–H and O–H groups in total. The molecule has 0 bridgehead atoms. The highest BCUT2D eigenvalue weighted by molar-refractivity contribution is 5.88. The standard InChI is InChI=1S/C13H15FN2O4/c1-13(2,3)20-12(17)15-11-5-4-10(14)8-9(11)6-7-16(18)19/h4-8H,1-3H3,(H,15,17)/b7-6+. The van der Waals surface area contributed by atoms with Crippen molar-refractivity contribution in [3.63, 3.8) is 0 Å². The van der Waals surface area contributed by atoms with Crippen LogP contribution in [0.4, 0.5) is 14.9 Å². The second kappa shape index (κ2) is 6.14. The third-order valence-corrected chi connectivity index (χ3v) is 2.03. The van der Waals surface area contributed by atoms with Crippen LogP contribution in [0.5, 0.6) is 0 Å². The molecule has 0 aliphatic rings. The second-order valence-electron chi connectivity index (χ2n) is 4.96. The Morgan fingerprint density at radius 1 is 1.45 bits per heavy atom. The van der Waals surface area contributed by atoms with Gasteiger partial charge in [0.15, 0.2) is 0 Å². The monoisotopic (exact) mass is 282 g/mol. The number of hydrogen-bond donors (Lipinski definition) is 1. The van der Waals surface area contributed by atoms with E-state index in [1.165, 1.54) is 6.07 Å². The molecule has 0 fully saturated rings. The lowest BCUT2D eigenvalue weighted by Crippen LogP contribution is -2.27. The number of benzene rings is 1. The molecule has 0 spiro atoms. The van der Waals surface area contributed by atoms with Crippen molar-refractivity contribution in [2.24, 2.45) is 0 Å². The maximum atomic E-state index is 13.1. The zero-order valence-electron chi connectivity index (χ0n) is 11.3. The maximum Gasteiger partial charge on any atom is 0.412 e. The second-order valence-corrected chi connectivity index (χ2v) is 4.96. The van der Waals surface area contributed by atoms with Gasteiger partial charge in [0.25, 0.3) is 0 Å². The van der Waals surface area contributed by atoms with Crippen LogP contribution in [-0.2, 0) is 4.74 Å². The van der Waals surface area contributed by atoms with Crippen molar-refractivity contribution in [1.82, 2.24) is 0 Å². The molecule has 1 aromatic carbocycles. The van der Waals surface area contributed by atoms with Crippen molar-refractivity contribution < 1.29 is 18.8 Å². The van der Waals surface area contributed by atoms with Crippen molar-refractivity contribution in [3.05, 3.63) is 45.9 Å². The van der Waals surface area contributed by atoms with Crippen LogP contribution in [0.1, 0.15) is 26.3 Å². The van der Waals surface area contributed by atoms with E-state index >= 15 is 0 Å². The van der Waals surface area contributed by atoms with Gasteiger partial charge in [0.05, 0.1) is 10.6 Å². The quantitative estimate of drug-likeness (QED) is 0.680. The Hall–Kier alpha value is -2.44. The number of nitro groups is 1.